The summed E-state index contributed by atoms with van der Waals surface area (Å²) in [6.45, 7) is 3.38. The summed E-state index contributed by atoms with van der Waals surface area (Å²) in [4.78, 5) is 25.1. The van der Waals surface area contributed by atoms with Crippen molar-refractivity contribution in [3.8, 4) is 11.1 Å². The lowest BCUT2D eigenvalue weighted by molar-refractivity contribution is 0.0593. The molecule has 8 heteroatoms. The van der Waals surface area contributed by atoms with Crippen molar-refractivity contribution >= 4 is 27.8 Å². The second-order valence-electron chi connectivity index (χ2n) is 9.76. The molecule has 2 aliphatic rings. The molecule has 1 aromatic carbocycles. The lowest BCUT2D eigenvalue weighted by atomic mass is 10.0. The fourth-order valence-electron chi connectivity index (χ4n) is 5.61. The van der Waals surface area contributed by atoms with E-state index in [0.29, 0.717) is 12.6 Å². The van der Waals surface area contributed by atoms with Crippen molar-refractivity contribution in [1.29, 1.82) is 0 Å². The number of pyridine rings is 2. The topological polar surface area (TPSA) is 77.2 Å². The number of anilines is 1. The van der Waals surface area contributed by atoms with Crippen molar-refractivity contribution in [1.82, 2.24) is 24.4 Å². The van der Waals surface area contributed by atoms with Crippen molar-refractivity contribution in [3.63, 3.8) is 0 Å². The first kappa shape index (κ1) is 22.2. The van der Waals surface area contributed by atoms with Crippen LogP contribution < -0.4 is 15.9 Å². The summed E-state index contributed by atoms with van der Waals surface area (Å²) in [5, 5.41) is 4.37. The summed E-state index contributed by atoms with van der Waals surface area (Å²) in [7, 11) is 3.86. The molecule has 182 valence electrons. The average Bonchev–Trinajstić information content (AvgIpc) is 3.19. The Bertz CT molecular complexity index is 1410. The Kier molecular flexibility index (Phi) is 5.78. The van der Waals surface area contributed by atoms with Gasteiger partial charge in [-0.25, -0.2) is 9.78 Å². The second-order valence-corrected chi connectivity index (χ2v) is 9.76. The van der Waals surface area contributed by atoms with E-state index < -0.39 is 0 Å². The summed E-state index contributed by atoms with van der Waals surface area (Å²) in [6, 6.07) is 11.2. The summed E-state index contributed by atoms with van der Waals surface area (Å²) in [6.07, 6.45) is 7.95. The van der Waals surface area contributed by atoms with Crippen molar-refractivity contribution in [2.75, 3.05) is 38.3 Å². The Labute approximate surface area is 204 Å². The number of piperidine rings is 1. The third-order valence-corrected chi connectivity index (χ3v) is 7.73. The monoisotopic (exact) mass is 472 g/mol. The summed E-state index contributed by atoms with van der Waals surface area (Å²) < 4.78 is 9.36. The van der Waals surface area contributed by atoms with Crippen molar-refractivity contribution in [2.24, 2.45) is 7.05 Å². The number of rotatable bonds is 4. The van der Waals surface area contributed by atoms with Crippen LogP contribution in [0.25, 0.3) is 33.1 Å². The maximum Gasteiger partial charge on any atom is 0.329 e. The molecule has 2 fully saturated rings. The molecule has 0 unspecified atom stereocenters. The van der Waals surface area contributed by atoms with E-state index in [9.17, 15) is 4.79 Å². The number of nitrogens with zero attached hydrogens (tertiary/aromatic N) is 5. The Hall–Kier alpha value is -3.23. The molecule has 6 rings (SSSR count). The number of benzene rings is 1. The SMILES string of the molecule is CNC1CCN(c2ccc(-c3ccc4ncc5c(c4c3)n([C@H]3CCCOC3)c(=O)n5C)cn2)CC1. The van der Waals surface area contributed by atoms with Crippen LogP contribution >= 0.6 is 0 Å². The highest BCUT2D eigenvalue weighted by atomic mass is 16.5. The van der Waals surface area contributed by atoms with Gasteiger partial charge in [0.25, 0.3) is 0 Å². The minimum absolute atomic E-state index is 0.0109. The smallest absolute Gasteiger partial charge is 0.329 e. The van der Waals surface area contributed by atoms with Crippen molar-refractivity contribution < 1.29 is 4.74 Å². The number of aryl methyl sites for hydroxylation is 1. The quantitative estimate of drug-likeness (QED) is 0.490. The van der Waals surface area contributed by atoms with E-state index in [-0.39, 0.29) is 11.7 Å². The van der Waals surface area contributed by atoms with E-state index in [1.165, 1.54) is 0 Å². The van der Waals surface area contributed by atoms with Crippen LogP contribution in [0.2, 0.25) is 0 Å². The molecule has 5 heterocycles. The maximum atomic E-state index is 13.2. The average molecular weight is 473 g/mol. The number of imidazole rings is 1. The van der Waals surface area contributed by atoms with Gasteiger partial charge in [-0.1, -0.05) is 6.07 Å². The molecule has 0 spiro atoms. The Balaban J connectivity index is 1.39. The van der Waals surface area contributed by atoms with Gasteiger partial charge in [-0.05, 0) is 62.6 Å². The number of nitrogens with one attached hydrogen (secondary N) is 1. The molecule has 2 saturated heterocycles. The maximum absolute atomic E-state index is 13.2. The van der Waals surface area contributed by atoms with Gasteiger partial charge in [-0.2, -0.15) is 0 Å². The van der Waals surface area contributed by atoms with Crippen LogP contribution in [-0.4, -0.2) is 58.5 Å². The normalized spacial score (nSPS) is 19.6. The predicted molar refractivity (Wildman–Crippen MR) is 139 cm³/mol. The van der Waals surface area contributed by atoms with Crippen LogP contribution in [0.4, 0.5) is 5.82 Å². The highest BCUT2D eigenvalue weighted by Gasteiger charge is 2.24. The molecule has 0 amide bonds. The first-order chi connectivity index (χ1) is 17.1. The van der Waals surface area contributed by atoms with Gasteiger partial charge in [0, 0.05) is 49.9 Å². The van der Waals surface area contributed by atoms with Crippen LogP contribution in [0.3, 0.4) is 0 Å². The van der Waals surface area contributed by atoms with E-state index in [1.807, 2.05) is 37.1 Å². The summed E-state index contributed by atoms with van der Waals surface area (Å²) in [5.41, 5.74) is 4.80. The summed E-state index contributed by atoms with van der Waals surface area (Å²) >= 11 is 0. The number of hydrogen-bond donors (Lipinski definition) is 1. The molecular formula is C27H32N6O2. The van der Waals surface area contributed by atoms with Gasteiger partial charge in [-0.3, -0.25) is 14.1 Å². The first-order valence-corrected chi connectivity index (χ1v) is 12.6. The molecule has 0 saturated carbocycles. The zero-order valence-corrected chi connectivity index (χ0v) is 20.4. The molecule has 0 radical (unpaired) electrons. The number of aromatic nitrogens is 4. The van der Waals surface area contributed by atoms with Gasteiger partial charge < -0.3 is 15.0 Å². The minimum atomic E-state index is -0.0109. The molecule has 8 nitrogen and oxygen atoms in total. The molecule has 1 atom stereocenters. The number of fused-ring (bicyclic) bond motifs is 3. The van der Waals surface area contributed by atoms with Crippen molar-refractivity contribution in [2.45, 2.75) is 37.8 Å². The highest BCUT2D eigenvalue weighted by molar-refractivity contribution is 6.04. The van der Waals surface area contributed by atoms with Gasteiger partial charge >= 0.3 is 5.69 Å². The summed E-state index contributed by atoms with van der Waals surface area (Å²) in [5.74, 6) is 1.03. The standard InChI is InChI=1S/C27H32N6O2/c1-28-20-9-11-32(12-10-20)25-8-6-19(15-30-25)18-5-7-23-22(14-18)26-24(16-29-23)31(2)27(34)33(26)21-4-3-13-35-17-21/h5-8,14-16,20-21,28H,3-4,9-13,17H2,1-2H3/t21-/m0/s1. The molecule has 35 heavy (non-hydrogen) atoms. The third-order valence-electron chi connectivity index (χ3n) is 7.73. The zero-order valence-electron chi connectivity index (χ0n) is 20.4. The van der Waals surface area contributed by atoms with Crippen molar-refractivity contribution in [3.05, 3.63) is 53.2 Å². The van der Waals surface area contributed by atoms with Gasteiger partial charge in [-0.15, -0.1) is 0 Å². The van der Waals surface area contributed by atoms with Crippen LogP contribution in [0.5, 0.6) is 0 Å². The Morgan fingerprint density at radius 2 is 1.86 bits per heavy atom. The molecule has 3 aromatic heterocycles. The molecule has 4 aromatic rings. The fourth-order valence-corrected chi connectivity index (χ4v) is 5.61. The predicted octanol–water partition coefficient (Wildman–Crippen LogP) is 3.49. The van der Waals surface area contributed by atoms with Gasteiger partial charge in [0.1, 0.15) is 5.82 Å². The first-order valence-electron chi connectivity index (χ1n) is 12.6. The van der Waals surface area contributed by atoms with Gasteiger partial charge in [0.2, 0.25) is 0 Å². The second kappa shape index (κ2) is 9.09. The van der Waals surface area contributed by atoms with Crippen LogP contribution in [0.15, 0.2) is 47.5 Å². The van der Waals surface area contributed by atoms with E-state index in [4.69, 9.17) is 9.72 Å². The van der Waals surface area contributed by atoms with Crippen LogP contribution in [0.1, 0.15) is 31.7 Å². The minimum Gasteiger partial charge on any atom is -0.379 e. The van der Waals surface area contributed by atoms with Crippen LogP contribution in [0, 0.1) is 0 Å². The largest absolute Gasteiger partial charge is 0.379 e. The van der Waals surface area contributed by atoms with Gasteiger partial charge in [0.15, 0.2) is 0 Å². The van der Waals surface area contributed by atoms with E-state index >= 15 is 0 Å². The lowest BCUT2D eigenvalue weighted by Gasteiger charge is -2.32. The molecule has 0 bridgehead atoms. The molecular weight excluding hydrogens is 440 g/mol. The third kappa shape index (κ3) is 3.90. The van der Waals surface area contributed by atoms with E-state index in [1.54, 1.807) is 4.57 Å². The molecule has 1 N–H and O–H groups in total. The zero-order chi connectivity index (χ0) is 23.9. The Morgan fingerprint density at radius 1 is 1.03 bits per heavy atom. The fraction of sp³-hybridized carbons (Fsp3) is 0.444. The van der Waals surface area contributed by atoms with E-state index in [0.717, 1.165) is 84.3 Å². The number of ether oxygens (including phenoxy) is 1. The molecule has 2 aliphatic heterocycles. The highest BCUT2D eigenvalue weighted by Crippen LogP contribution is 2.31. The lowest BCUT2D eigenvalue weighted by Crippen LogP contribution is -2.41. The Morgan fingerprint density at radius 3 is 2.57 bits per heavy atom. The molecule has 0 aliphatic carbocycles. The number of hydrogen-bond acceptors (Lipinski definition) is 6. The van der Waals surface area contributed by atoms with E-state index in [2.05, 4.69) is 39.5 Å². The van der Waals surface area contributed by atoms with Gasteiger partial charge in [0.05, 0.1) is 35.4 Å². The van der Waals surface area contributed by atoms with Crippen LogP contribution in [-0.2, 0) is 11.8 Å².